The Morgan fingerprint density at radius 3 is 2.43 bits per heavy atom. The Bertz CT molecular complexity index is 402. The lowest BCUT2D eigenvalue weighted by Gasteiger charge is -2.16. The third-order valence-electron chi connectivity index (χ3n) is 3.17. The van der Waals surface area contributed by atoms with Gasteiger partial charge in [-0.2, -0.15) is 0 Å². The molecule has 1 aromatic rings. The first-order valence-electron chi connectivity index (χ1n) is 8.14. The van der Waals surface area contributed by atoms with E-state index in [9.17, 15) is 0 Å². The molecule has 0 unspecified atom stereocenters. The molecule has 0 aliphatic heterocycles. The molecule has 0 bridgehead atoms. The fourth-order valence-corrected chi connectivity index (χ4v) is 1.84. The van der Waals surface area contributed by atoms with Crippen molar-refractivity contribution < 1.29 is 9.47 Å². The molecule has 0 atom stereocenters. The lowest BCUT2D eigenvalue weighted by Crippen LogP contribution is -2.22. The molecule has 21 heavy (non-hydrogen) atoms. The first-order chi connectivity index (χ1) is 10.0. The van der Waals surface area contributed by atoms with Crippen molar-refractivity contribution in [1.29, 1.82) is 0 Å². The van der Waals surface area contributed by atoms with Gasteiger partial charge in [-0.05, 0) is 24.8 Å². The second kappa shape index (κ2) is 9.67. The van der Waals surface area contributed by atoms with Gasteiger partial charge in [-0.3, -0.25) is 0 Å². The SMILES string of the molecule is CCCOc1ccc(CNC(C)C)c(OCCC(C)C)c1. The van der Waals surface area contributed by atoms with Crippen molar-refractivity contribution in [2.75, 3.05) is 13.2 Å². The first kappa shape index (κ1) is 17.8. The predicted octanol–water partition coefficient (Wildman–Crippen LogP) is 4.40. The van der Waals surface area contributed by atoms with Crippen LogP contribution in [0.3, 0.4) is 0 Å². The van der Waals surface area contributed by atoms with Crippen molar-refractivity contribution in [2.45, 2.75) is 60.0 Å². The maximum absolute atomic E-state index is 5.98. The van der Waals surface area contributed by atoms with Crippen molar-refractivity contribution >= 4 is 0 Å². The summed E-state index contributed by atoms with van der Waals surface area (Å²) in [5, 5.41) is 3.44. The normalized spacial score (nSPS) is 11.2. The Morgan fingerprint density at radius 1 is 1.05 bits per heavy atom. The molecule has 0 saturated heterocycles. The van der Waals surface area contributed by atoms with Crippen molar-refractivity contribution in [2.24, 2.45) is 5.92 Å². The highest BCUT2D eigenvalue weighted by atomic mass is 16.5. The zero-order chi connectivity index (χ0) is 15.7. The number of nitrogens with one attached hydrogen (secondary N) is 1. The highest BCUT2D eigenvalue weighted by Gasteiger charge is 2.07. The van der Waals surface area contributed by atoms with Gasteiger partial charge in [-0.25, -0.2) is 0 Å². The van der Waals surface area contributed by atoms with E-state index >= 15 is 0 Å². The van der Waals surface area contributed by atoms with Crippen LogP contribution >= 0.6 is 0 Å². The second-order valence-electron chi connectivity index (χ2n) is 6.18. The quantitative estimate of drug-likeness (QED) is 0.693. The molecule has 1 rings (SSSR count). The van der Waals surface area contributed by atoms with Crippen LogP contribution < -0.4 is 14.8 Å². The van der Waals surface area contributed by atoms with Gasteiger partial charge in [-0.1, -0.05) is 40.7 Å². The minimum atomic E-state index is 0.463. The summed E-state index contributed by atoms with van der Waals surface area (Å²) in [6.45, 7) is 13.2. The molecule has 0 heterocycles. The fraction of sp³-hybridized carbons (Fsp3) is 0.667. The van der Waals surface area contributed by atoms with E-state index in [2.05, 4.69) is 46.0 Å². The van der Waals surface area contributed by atoms with Gasteiger partial charge < -0.3 is 14.8 Å². The number of benzene rings is 1. The maximum Gasteiger partial charge on any atom is 0.127 e. The molecule has 0 saturated carbocycles. The summed E-state index contributed by atoms with van der Waals surface area (Å²) in [5.41, 5.74) is 1.19. The van der Waals surface area contributed by atoms with Gasteiger partial charge in [0.1, 0.15) is 11.5 Å². The van der Waals surface area contributed by atoms with Crippen LogP contribution in [0.2, 0.25) is 0 Å². The average molecular weight is 293 g/mol. The molecule has 0 amide bonds. The van der Waals surface area contributed by atoms with Gasteiger partial charge in [0.2, 0.25) is 0 Å². The van der Waals surface area contributed by atoms with Gasteiger partial charge in [0.05, 0.1) is 13.2 Å². The van der Waals surface area contributed by atoms with Gasteiger partial charge in [0.25, 0.3) is 0 Å². The number of hydrogen-bond donors (Lipinski definition) is 1. The molecular formula is C18H31NO2. The van der Waals surface area contributed by atoms with Crippen LogP contribution in [-0.4, -0.2) is 19.3 Å². The topological polar surface area (TPSA) is 30.5 Å². The van der Waals surface area contributed by atoms with Crippen molar-refractivity contribution in [3.63, 3.8) is 0 Å². The summed E-state index contributed by atoms with van der Waals surface area (Å²) in [6.07, 6.45) is 2.08. The van der Waals surface area contributed by atoms with Crippen molar-refractivity contribution in [3.8, 4) is 11.5 Å². The van der Waals surface area contributed by atoms with Crippen LogP contribution in [-0.2, 0) is 6.54 Å². The van der Waals surface area contributed by atoms with Gasteiger partial charge in [0.15, 0.2) is 0 Å². The van der Waals surface area contributed by atoms with E-state index < -0.39 is 0 Å². The summed E-state index contributed by atoms with van der Waals surface area (Å²) in [5.74, 6) is 2.49. The van der Waals surface area contributed by atoms with E-state index in [0.717, 1.165) is 44.1 Å². The Kier molecular flexibility index (Phi) is 8.21. The molecule has 0 aliphatic rings. The highest BCUT2D eigenvalue weighted by Crippen LogP contribution is 2.26. The Balaban J connectivity index is 2.73. The van der Waals surface area contributed by atoms with E-state index in [1.54, 1.807) is 0 Å². The summed E-state index contributed by atoms with van der Waals surface area (Å²) < 4.78 is 11.7. The van der Waals surface area contributed by atoms with Crippen LogP contribution in [0.1, 0.15) is 53.0 Å². The lowest BCUT2D eigenvalue weighted by molar-refractivity contribution is 0.280. The van der Waals surface area contributed by atoms with Crippen molar-refractivity contribution in [1.82, 2.24) is 5.32 Å². The fourth-order valence-electron chi connectivity index (χ4n) is 1.84. The monoisotopic (exact) mass is 293 g/mol. The lowest BCUT2D eigenvalue weighted by atomic mass is 10.1. The molecule has 0 fully saturated rings. The maximum atomic E-state index is 5.98. The molecule has 0 aromatic heterocycles. The zero-order valence-electron chi connectivity index (χ0n) is 14.2. The predicted molar refractivity (Wildman–Crippen MR) is 89.2 cm³/mol. The molecule has 120 valence electrons. The summed E-state index contributed by atoms with van der Waals surface area (Å²) in [7, 11) is 0. The average Bonchev–Trinajstić information content (AvgIpc) is 2.43. The summed E-state index contributed by atoms with van der Waals surface area (Å²) >= 11 is 0. The van der Waals surface area contributed by atoms with E-state index in [1.165, 1.54) is 5.56 Å². The van der Waals surface area contributed by atoms with Crippen LogP contribution in [0.25, 0.3) is 0 Å². The summed E-state index contributed by atoms with van der Waals surface area (Å²) in [4.78, 5) is 0. The molecule has 3 heteroatoms. The standard InChI is InChI=1S/C18H31NO2/c1-6-10-20-17-8-7-16(13-19-15(4)5)18(12-17)21-11-9-14(2)3/h7-8,12,14-15,19H,6,9-11,13H2,1-5H3. The number of rotatable bonds is 10. The minimum Gasteiger partial charge on any atom is -0.493 e. The Morgan fingerprint density at radius 2 is 1.81 bits per heavy atom. The van der Waals surface area contributed by atoms with Crippen LogP contribution in [0.5, 0.6) is 11.5 Å². The molecule has 0 radical (unpaired) electrons. The van der Waals surface area contributed by atoms with E-state index in [0.29, 0.717) is 12.0 Å². The van der Waals surface area contributed by atoms with Gasteiger partial charge in [-0.15, -0.1) is 0 Å². The second-order valence-corrected chi connectivity index (χ2v) is 6.18. The largest absolute Gasteiger partial charge is 0.493 e. The van der Waals surface area contributed by atoms with Crippen molar-refractivity contribution in [3.05, 3.63) is 23.8 Å². The van der Waals surface area contributed by atoms with Crippen LogP contribution in [0, 0.1) is 5.92 Å². The molecule has 3 nitrogen and oxygen atoms in total. The number of hydrogen-bond acceptors (Lipinski definition) is 3. The molecule has 1 aromatic carbocycles. The minimum absolute atomic E-state index is 0.463. The Labute approximate surface area is 130 Å². The van der Waals surface area contributed by atoms with Gasteiger partial charge in [0, 0.05) is 24.2 Å². The van der Waals surface area contributed by atoms with E-state index in [4.69, 9.17) is 9.47 Å². The van der Waals surface area contributed by atoms with Crippen LogP contribution in [0.4, 0.5) is 0 Å². The molecule has 1 N–H and O–H groups in total. The summed E-state index contributed by atoms with van der Waals surface area (Å²) in [6, 6.07) is 6.62. The third kappa shape index (κ3) is 7.37. The van der Waals surface area contributed by atoms with E-state index in [-0.39, 0.29) is 0 Å². The van der Waals surface area contributed by atoms with E-state index in [1.807, 2.05) is 12.1 Å². The van der Waals surface area contributed by atoms with Crippen LogP contribution in [0.15, 0.2) is 18.2 Å². The molecule has 0 aliphatic carbocycles. The third-order valence-corrected chi connectivity index (χ3v) is 3.17. The Hall–Kier alpha value is -1.22. The zero-order valence-corrected chi connectivity index (χ0v) is 14.2. The van der Waals surface area contributed by atoms with Gasteiger partial charge >= 0.3 is 0 Å². The molecular weight excluding hydrogens is 262 g/mol. The highest BCUT2D eigenvalue weighted by molar-refractivity contribution is 5.40. The first-order valence-corrected chi connectivity index (χ1v) is 8.14. The smallest absolute Gasteiger partial charge is 0.127 e. The number of ether oxygens (including phenoxy) is 2. The molecule has 0 spiro atoms.